The normalized spacial score (nSPS) is 10.4. The fraction of sp³-hybridized carbons (Fsp3) is 0. The monoisotopic (exact) mass is 460 g/mol. The highest BCUT2D eigenvalue weighted by molar-refractivity contribution is 8.00. The molecule has 5 rings (SSSR count). The van der Waals surface area contributed by atoms with Crippen LogP contribution in [0.1, 0.15) is 5.56 Å². The topological polar surface area (TPSA) is 85.7 Å². The molecule has 0 fully saturated rings. The summed E-state index contributed by atoms with van der Waals surface area (Å²) in [7, 11) is 0. The second kappa shape index (κ2) is 9.94. The van der Waals surface area contributed by atoms with Gasteiger partial charge in [-0.1, -0.05) is 6.07 Å². The van der Waals surface area contributed by atoms with Crippen LogP contribution in [0.4, 0.5) is 28.4 Å². The molecule has 5 aromatic rings. The zero-order chi connectivity index (χ0) is 23.2. The fourth-order valence-electron chi connectivity index (χ4n) is 3.46. The van der Waals surface area contributed by atoms with Gasteiger partial charge in [0.2, 0.25) is 0 Å². The molecule has 0 aliphatic rings. The second-order valence-electron chi connectivity index (χ2n) is 7.50. The van der Waals surface area contributed by atoms with Crippen molar-refractivity contribution in [2.45, 2.75) is 4.90 Å². The van der Waals surface area contributed by atoms with Gasteiger partial charge in [-0.3, -0.25) is 9.97 Å². The van der Waals surface area contributed by atoms with Gasteiger partial charge in [-0.25, -0.2) is 0 Å². The molecule has 0 unspecified atom stereocenters. The number of aromatic nitrogens is 2. The van der Waals surface area contributed by atoms with Crippen molar-refractivity contribution >= 4 is 51.3 Å². The zero-order valence-electron chi connectivity index (χ0n) is 18.1. The maximum absolute atomic E-state index is 9.24. The third kappa shape index (κ3) is 5.09. The van der Waals surface area contributed by atoms with E-state index in [1.165, 1.54) is 0 Å². The second-order valence-corrected chi connectivity index (χ2v) is 8.38. The molecule has 2 aromatic heterocycles. The molecule has 3 N–H and O–H groups in total. The number of hydrogen-bond donors (Lipinski definition) is 3. The number of hydrogen-bond acceptors (Lipinski definition) is 7. The summed E-state index contributed by atoms with van der Waals surface area (Å²) in [5.41, 5.74) is 6.34. The molecule has 3 aromatic carbocycles. The molecular weight excluding hydrogens is 440 g/mol. The average molecular weight is 461 g/mol. The quantitative estimate of drug-likeness (QED) is 0.223. The highest BCUT2D eigenvalue weighted by Crippen LogP contribution is 2.29. The Bertz CT molecular complexity index is 1460. The standard InChI is InChI=1S/C27H20N6S/c28-18-19-4-9-26-25(16-19)27(12-15-30-26)32-23-2-1-3-24(17-23)34-33-22-7-5-20(6-8-22)31-21-10-13-29-14-11-21/h1-17,33H,(H,29,31)(H,30,32). The maximum Gasteiger partial charge on any atom is 0.0991 e. The van der Waals surface area contributed by atoms with Gasteiger partial charge in [0.1, 0.15) is 0 Å². The first-order valence-electron chi connectivity index (χ1n) is 10.6. The van der Waals surface area contributed by atoms with Crippen LogP contribution < -0.4 is 15.4 Å². The molecule has 34 heavy (non-hydrogen) atoms. The van der Waals surface area contributed by atoms with Crippen LogP contribution in [0, 0.1) is 11.3 Å². The number of pyridine rings is 2. The first kappa shape index (κ1) is 21.3. The Labute approximate surface area is 201 Å². The summed E-state index contributed by atoms with van der Waals surface area (Å²) in [5, 5.41) is 17.0. The summed E-state index contributed by atoms with van der Waals surface area (Å²) < 4.78 is 3.39. The molecule has 0 aliphatic heterocycles. The van der Waals surface area contributed by atoms with Crippen LogP contribution >= 0.6 is 11.9 Å². The van der Waals surface area contributed by atoms with E-state index in [0.29, 0.717) is 5.56 Å². The van der Waals surface area contributed by atoms with Gasteiger partial charge in [0.15, 0.2) is 0 Å². The molecular formula is C27H20N6S. The van der Waals surface area contributed by atoms with Crippen molar-refractivity contribution in [1.29, 1.82) is 5.26 Å². The summed E-state index contributed by atoms with van der Waals surface area (Å²) in [6.07, 6.45) is 5.29. The largest absolute Gasteiger partial charge is 0.355 e. The van der Waals surface area contributed by atoms with E-state index in [4.69, 9.17) is 0 Å². The van der Waals surface area contributed by atoms with Gasteiger partial charge < -0.3 is 15.4 Å². The SMILES string of the molecule is N#Cc1ccc2nccc(Nc3cccc(SNc4ccc(Nc5ccncc5)cc4)c3)c2c1. The van der Waals surface area contributed by atoms with E-state index in [2.05, 4.69) is 43.5 Å². The molecule has 0 spiro atoms. The highest BCUT2D eigenvalue weighted by Gasteiger charge is 2.05. The molecule has 164 valence electrons. The molecule has 2 heterocycles. The molecule has 0 saturated carbocycles. The van der Waals surface area contributed by atoms with Crippen LogP contribution in [0.15, 0.2) is 108 Å². The van der Waals surface area contributed by atoms with E-state index >= 15 is 0 Å². The number of nitriles is 1. The predicted octanol–water partition coefficient (Wildman–Crippen LogP) is 7.11. The van der Waals surface area contributed by atoms with Crippen LogP contribution in [0.5, 0.6) is 0 Å². The number of nitrogens with one attached hydrogen (secondary N) is 3. The minimum Gasteiger partial charge on any atom is -0.355 e. The number of anilines is 5. The lowest BCUT2D eigenvalue weighted by Gasteiger charge is -2.12. The van der Waals surface area contributed by atoms with Crippen molar-refractivity contribution in [2.75, 3.05) is 15.4 Å². The number of rotatable bonds is 7. The van der Waals surface area contributed by atoms with Gasteiger partial charge >= 0.3 is 0 Å². The Balaban J connectivity index is 1.25. The highest BCUT2D eigenvalue weighted by atomic mass is 32.2. The molecule has 0 bridgehead atoms. The fourth-order valence-corrected chi connectivity index (χ4v) is 4.16. The molecule has 6 nitrogen and oxygen atoms in total. The van der Waals surface area contributed by atoms with E-state index in [0.717, 1.165) is 44.2 Å². The summed E-state index contributed by atoms with van der Waals surface area (Å²) in [6.45, 7) is 0. The minimum atomic E-state index is 0.610. The first-order chi connectivity index (χ1) is 16.8. The third-order valence-corrected chi connectivity index (χ3v) is 5.95. The maximum atomic E-state index is 9.24. The van der Waals surface area contributed by atoms with Crippen LogP contribution in [0.25, 0.3) is 10.9 Å². The first-order valence-corrected chi connectivity index (χ1v) is 11.4. The van der Waals surface area contributed by atoms with Crippen molar-refractivity contribution in [2.24, 2.45) is 0 Å². The van der Waals surface area contributed by atoms with E-state index in [1.807, 2.05) is 66.7 Å². The molecule has 0 radical (unpaired) electrons. The van der Waals surface area contributed by atoms with E-state index in [9.17, 15) is 5.26 Å². The van der Waals surface area contributed by atoms with E-state index in [1.54, 1.807) is 36.6 Å². The lowest BCUT2D eigenvalue weighted by molar-refractivity contribution is 1.32. The summed E-state index contributed by atoms with van der Waals surface area (Å²) in [5.74, 6) is 0. The molecule has 0 aliphatic carbocycles. The van der Waals surface area contributed by atoms with E-state index in [-0.39, 0.29) is 0 Å². The van der Waals surface area contributed by atoms with Gasteiger partial charge in [0, 0.05) is 57.3 Å². The summed E-state index contributed by atoms with van der Waals surface area (Å²) >= 11 is 1.54. The minimum absolute atomic E-state index is 0.610. The average Bonchev–Trinajstić information content (AvgIpc) is 2.89. The van der Waals surface area contributed by atoms with Crippen LogP contribution in [-0.2, 0) is 0 Å². The van der Waals surface area contributed by atoms with Crippen molar-refractivity contribution in [3.8, 4) is 6.07 Å². The molecule has 0 saturated heterocycles. The van der Waals surface area contributed by atoms with Crippen LogP contribution in [0.3, 0.4) is 0 Å². The molecule has 7 heteroatoms. The van der Waals surface area contributed by atoms with Gasteiger partial charge in [-0.05, 0) is 90.8 Å². The summed E-state index contributed by atoms with van der Waals surface area (Å²) in [4.78, 5) is 9.50. The number of benzene rings is 3. The van der Waals surface area contributed by atoms with Crippen molar-refractivity contribution < 1.29 is 0 Å². The van der Waals surface area contributed by atoms with E-state index < -0.39 is 0 Å². The Morgan fingerprint density at radius 3 is 2.32 bits per heavy atom. The third-order valence-electron chi connectivity index (χ3n) is 5.12. The number of nitrogens with zero attached hydrogens (tertiary/aromatic N) is 3. The Kier molecular flexibility index (Phi) is 6.23. The Morgan fingerprint density at radius 2 is 1.50 bits per heavy atom. The van der Waals surface area contributed by atoms with Crippen molar-refractivity contribution in [3.05, 3.63) is 109 Å². The van der Waals surface area contributed by atoms with Gasteiger partial charge in [-0.2, -0.15) is 5.26 Å². The number of fused-ring (bicyclic) bond motifs is 1. The zero-order valence-corrected chi connectivity index (χ0v) is 18.9. The Hall–Kier alpha value is -4.54. The van der Waals surface area contributed by atoms with Gasteiger partial charge in [0.05, 0.1) is 17.1 Å². The predicted molar refractivity (Wildman–Crippen MR) is 140 cm³/mol. The lowest BCUT2D eigenvalue weighted by atomic mass is 10.1. The van der Waals surface area contributed by atoms with Crippen LogP contribution in [0.2, 0.25) is 0 Å². The lowest BCUT2D eigenvalue weighted by Crippen LogP contribution is -1.94. The Morgan fingerprint density at radius 1 is 0.706 bits per heavy atom. The summed E-state index contributed by atoms with van der Waals surface area (Å²) in [6, 6.07) is 29.8. The van der Waals surface area contributed by atoms with Crippen molar-refractivity contribution in [3.63, 3.8) is 0 Å². The van der Waals surface area contributed by atoms with Crippen molar-refractivity contribution in [1.82, 2.24) is 9.97 Å². The molecule has 0 amide bonds. The van der Waals surface area contributed by atoms with Crippen LogP contribution in [-0.4, -0.2) is 9.97 Å². The molecule has 0 atom stereocenters. The smallest absolute Gasteiger partial charge is 0.0991 e. The van der Waals surface area contributed by atoms with Gasteiger partial charge in [0.25, 0.3) is 0 Å². The van der Waals surface area contributed by atoms with Gasteiger partial charge in [-0.15, -0.1) is 0 Å².